The molecule has 1 saturated heterocycles. The van der Waals surface area contributed by atoms with Crippen LogP contribution in [0.25, 0.3) is 5.95 Å². The third kappa shape index (κ3) is 2.93. The van der Waals surface area contributed by atoms with Gasteiger partial charge in [0.2, 0.25) is 11.8 Å². The van der Waals surface area contributed by atoms with Gasteiger partial charge in [0.05, 0.1) is 6.20 Å². The maximum Gasteiger partial charge on any atom is 0.323 e. The van der Waals surface area contributed by atoms with Crippen molar-refractivity contribution < 1.29 is 9.21 Å². The summed E-state index contributed by atoms with van der Waals surface area (Å²) in [7, 11) is 0. The van der Waals surface area contributed by atoms with Crippen LogP contribution >= 0.6 is 0 Å². The second-order valence-electron chi connectivity index (χ2n) is 5.62. The summed E-state index contributed by atoms with van der Waals surface area (Å²) in [5.74, 6) is 1.82. The quantitative estimate of drug-likeness (QED) is 0.772. The minimum Gasteiger partial charge on any atom is -0.423 e. The summed E-state index contributed by atoms with van der Waals surface area (Å²) < 4.78 is 6.97. The summed E-state index contributed by atoms with van der Waals surface area (Å²) in [4.78, 5) is 22.7. The third-order valence-electron chi connectivity index (χ3n) is 3.96. The minimum atomic E-state index is -0.254. The lowest BCUT2D eigenvalue weighted by atomic mass is 10.2. The molecule has 1 fully saturated rings. The van der Waals surface area contributed by atoms with E-state index in [2.05, 4.69) is 30.6 Å². The predicted molar refractivity (Wildman–Crippen MR) is 85.9 cm³/mol. The normalized spacial score (nSPS) is 17.0. The minimum absolute atomic E-state index is 0.217. The number of amides is 2. The molecule has 128 valence electrons. The summed E-state index contributed by atoms with van der Waals surface area (Å²) in [6, 6.07) is 2.93. The largest absolute Gasteiger partial charge is 0.423 e. The van der Waals surface area contributed by atoms with Crippen LogP contribution in [-0.2, 0) is 0 Å². The molecule has 0 aliphatic carbocycles. The number of hydrogen-bond donors (Lipinski definition) is 1. The van der Waals surface area contributed by atoms with E-state index < -0.39 is 0 Å². The molecule has 0 unspecified atom stereocenters. The Morgan fingerprint density at radius 1 is 1.28 bits per heavy atom. The summed E-state index contributed by atoms with van der Waals surface area (Å²) in [5.41, 5.74) is 0. The number of nitrogens with one attached hydrogen (secondary N) is 1. The second kappa shape index (κ2) is 6.30. The van der Waals surface area contributed by atoms with Gasteiger partial charge in [-0.3, -0.25) is 5.32 Å². The maximum atomic E-state index is 12.7. The number of aromatic nitrogens is 6. The second-order valence-corrected chi connectivity index (χ2v) is 5.62. The van der Waals surface area contributed by atoms with Crippen molar-refractivity contribution in [3.63, 3.8) is 0 Å². The molecule has 4 rings (SSSR count). The molecule has 2 amide bonds. The number of rotatable bonds is 3. The molecular formula is C15H16N8O2. The van der Waals surface area contributed by atoms with E-state index in [-0.39, 0.29) is 12.1 Å². The number of urea groups is 1. The van der Waals surface area contributed by atoms with Gasteiger partial charge >= 0.3 is 6.03 Å². The van der Waals surface area contributed by atoms with Crippen LogP contribution in [-0.4, -0.2) is 47.4 Å². The third-order valence-corrected chi connectivity index (χ3v) is 3.96. The van der Waals surface area contributed by atoms with Gasteiger partial charge in [0.1, 0.15) is 11.9 Å². The SMILES string of the molecule is Cc1nnc([C@H]2CCCN2C(=O)Nc2ccnn2-c2ncccn2)o1. The Hall–Kier alpha value is -3.30. The van der Waals surface area contributed by atoms with Crippen LogP contribution in [0.15, 0.2) is 35.1 Å². The van der Waals surface area contributed by atoms with E-state index in [0.717, 1.165) is 12.8 Å². The molecule has 10 heteroatoms. The van der Waals surface area contributed by atoms with E-state index in [1.807, 2.05) is 0 Å². The summed E-state index contributed by atoms with van der Waals surface area (Å²) in [6.45, 7) is 2.35. The lowest BCUT2D eigenvalue weighted by molar-refractivity contribution is 0.197. The Labute approximate surface area is 142 Å². The first-order valence-electron chi connectivity index (χ1n) is 7.91. The van der Waals surface area contributed by atoms with Gasteiger partial charge in [-0.15, -0.1) is 10.2 Å². The van der Waals surface area contributed by atoms with E-state index in [1.165, 1.54) is 4.68 Å². The zero-order valence-electron chi connectivity index (χ0n) is 13.5. The van der Waals surface area contributed by atoms with Crippen LogP contribution < -0.4 is 5.32 Å². The molecule has 0 bridgehead atoms. The van der Waals surface area contributed by atoms with Crippen molar-refractivity contribution in [2.75, 3.05) is 11.9 Å². The highest BCUT2D eigenvalue weighted by Crippen LogP contribution is 2.31. The standard InChI is InChI=1S/C15H16N8O2/c1-10-20-21-13(25-10)11-4-2-9-22(11)15(24)19-12-5-8-18-23(12)14-16-6-3-7-17-14/h3,5-8,11H,2,4,9H2,1H3,(H,19,24)/t11-/m1/s1. The number of aryl methyl sites for hydroxylation is 1. The predicted octanol–water partition coefficient (Wildman–Crippen LogP) is 1.72. The van der Waals surface area contributed by atoms with E-state index in [0.29, 0.717) is 30.1 Å². The van der Waals surface area contributed by atoms with Crippen molar-refractivity contribution in [2.45, 2.75) is 25.8 Å². The van der Waals surface area contributed by atoms with Gasteiger partial charge in [-0.05, 0) is 18.9 Å². The Balaban J connectivity index is 1.54. The van der Waals surface area contributed by atoms with E-state index in [4.69, 9.17) is 4.42 Å². The van der Waals surface area contributed by atoms with Gasteiger partial charge in [-0.2, -0.15) is 9.78 Å². The number of hydrogen-bond acceptors (Lipinski definition) is 7. The Kier molecular flexibility index (Phi) is 3.84. The number of likely N-dealkylation sites (tertiary alicyclic amines) is 1. The van der Waals surface area contributed by atoms with Crippen molar-refractivity contribution in [3.8, 4) is 5.95 Å². The molecule has 1 atom stereocenters. The first-order valence-corrected chi connectivity index (χ1v) is 7.91. The van der Waals surface area contributed by atoms with Gasteiger partial charge in [0.25, 0.3) is 5.95 Å². The van der Waals surface area contributed by atoms with Crippen molar-refractivity contribution in [1.82, 2.24) is 34.8 Å². The van der Waals surface area contributed by atoms with Gasteiger partial charge in [0, 0.05) is 31.9 Å². The highest BCUT2D eigenvalue weighted by Gasteiger charge is 2.34. The zero-order valence-corrected chi connectivity index (χ0v) is 13.5. The molecule has 0 spiro atoms. The Morgan fingerprint density at radius 2 is 2.12 bits per heavy atom. The molecule has 4 heterocycles. The van der Waals surface area contributed by atoms with Crippen LogP contribution in [0.2, 0.25) is 0 Å². The van der Waals surface area contributed by atoms with Crippen molar-refractivity contribution in [2.24, 2.45) is 0 Å². The fourth-order valence-corrected chi connectivity index (χ4v) is 2.85. The van der Waals surface area contributed by atoms with Crippen LogP contribution in [0.3, 0.4) is 0 Å². The zero-order chi connectivity index (χ0) is 17.2. The summed E-state index contributed by atoms with van der Waals surface area (Å²) in [5, 5.41) is 14.9. The molecule has 10 nitrogen and oxygen atoms in total. The van der Waals surface area contributed by atoms with Crippen molar-refractivity contribution in [3.05, 3.63) is 42.5 Å². The smallest absolute Gasteiger partial charge is 0.323 e. The molecule has 3 aromatic heterocycles. The lowest BCUT2D eigenvalue weighted by Crippen LogP contribution is -2.35. The van der Waals surface area contributed by atoms with E-state index >= 15 is 0 Å². The van der Waals surface area contributed by atoms with Crippen LogP contribution in [0.1, 0.15) is 30.7 Å². The topological polar surface area (TPSA) is 115 Å². The Morgan fingerprint density at radius 3 is 2.88 bits per heavy atom. The lowest BCUT2D eigenvalue weighted by Gasteiger charge is -2.22. The van der Waals surface area contributed by atoms with Crippen LogP contribution in [0.4, 0.5) is 10.6 Å². The van der Waals surface area contributed by atoms with Crippen molar-refractivity contribution in [1.29, 1.82) is 0 Å². The summed E-state index contributed by atoms with van der Waals surface area (Å²) in [6.07, 6.45) is 6.47. The molecule has 25 heavy (non-hydrogen) atoms. The fourth-order valence-electron chi connectivity index (χ4n) is 2.85. The Bertz CT molecular complexity index is 875. The van der Waals surface area contributed by atoms with Crippen LogP contribution in [0, 0.1) is 6.92 Å². The molecule has 1 N–H and O–H groups in total. The van der Waals surface area contributed by atoms with E-state index in [9.17, 15) is 4.79 Å². The fraction of sp³-hybridized carbons (Fsp3) is 0.333. The highest BCUT2D eigenvalue weighted by atomic mass is 16.4. The summed E-state index contributed by atoms with van der Waals surface area (Å²) >= 11 is 0. The number of anilines is 1. The average Bonchev–Trinajstić information content (AvgIpc) is 3.35. The maximum absolute atomic E-state index is 12.7. The number of carbonyl (C=O) groups is 1. The van der Waals surface area contributed by atoms with Gasteiger partial charge in [-0.25, -0.2) is 14.8 Å². The van der Waals surface area contributed by atoms with Crippen molar-refractivity contribution >= 4 is 11.8 Å². The first kappa shape index (κ1) is 15.2. The molecule has 3 aromatic rings. The molecule has 1 aliphatic rings. The van der Waals surface area contributed by atoms with Gasteiger partial charge < -0.3 is 9.32 Å². The monoisotopic (exact) mass is 340 g/mol. The number of carbonyl (C=O) groups excluding carboxylic acids is 1. The molecule has 0 saturated carbocycles. The highest BCUT2D eigenvalue weighted by molar-refractivity contribution is 5.89. The first-order chi connectivity index (χ1) is 12.2. The van der Waals surface area contributed by atoms with Crippen LogP contribution in [0.5, 0.6) is 0 Å². The van der Waals surface area contributed by atoms with Gasteiger partial charge in [-0.1, -0.05) is 0 Å². The molecule has 1 aliphatic heterocycles. The molecule has 0 radical (unpaired) electrons. The number of nitrogens with zero attached hydrogens (tertiary/aromatic N) is 7. The molecular weight excluding hydrogens is 324 g/mol. The molecule has 0 aromatic carbocycles. The van der Waals surface area contributed by atoms with E-state index in [1.54, 1.807) is 42.5 Å². The van der Waals surface area contributed by atoms with Gasteiger partial charge in [0.15, 0.2) is 0 Å². The average molecular weight is 340 g/mol.